The van der Waals surface area contributed by atoms with E-state index in [-0.39, 0.29) is 17.7 Å². The number of rotatable bonds is 4. The molecule has 0 fully saturated rings. The van der Waals surface area contributed by atoms with Gasteiger partial charge in [-0.15, -0.1) is 23.2 Å². The number of alkyl halides is 2. The first-order chi connectivity index (χ1) is 7.91. The van der Waals surface area contributed by atoms with Gasteiger partial charge < -0.3 is 5.32 Å². The van der Waals surface area contributed by atoms with Gasteiger partial charge in [-0.25, -0.2) is 0 Å². The Morgan fingerprint density at radius 3 is 2.47 bits per heavy atom. The maximum absolute atomic E-state index is 12.1. The SMILES string of the molecule is CC(CCl)(CCl)NC(=O)c1cc(Br)ccc1Br. The number of benzene rings is 1. The van der Waals surface area contributed by atoms with E-state index in [2.05, 4.69) is 37.2 Å². The fourth-order valence-electron chi connectivity index (χ4n) is 1.12. The molecule has 1 amide bonds. The Balaban J connectivity index is 2.94. The lowest BCUT2D eigenvalue weighted by molar-refractivity contribution is 0.0920. The molecule has 0 bridgehead atoms. The van der Waals surface area contributed by atoms with Crippen molar-refractivity contribution >= 4 is 61.0 Å². The minimum atomic E-state index is -0.609. The zero-order valence-electron chi connectivity index (χ0n) is 9.07. The highest BCUT2D eigenvalue weighted by Crippen LogP contribution is 2.22. The zero-order chi connectivity index (χ0) is 13.1. The highest BCUT2D eigenvalue weighted by Gasteiger charge is 2.25. The lowest BCUT2D eigenvalue weighted by Gasteiger charge is -2.26. The van der Waals surface area contributed by atoms with Crippen molar-refractivity contribution < 1.29 is 4.79 Å². The van der Waals surface area contributed by atoms with Crippen molar-refractivity contribution in [2.24, 2.45) is 0 Å². The van der Waals surface area contributed by atoms with Crippen LogP contribution in [0.5, 0.6) is 0 Å². The van der Waals surface area contributed by atoms with Gasteiger partial charge in [0.05, 0.1) is 11.1 Å². The Bertz CT molecular complexity index is 422. The first-order valence-corrected chi connectivity index (χ1v) is 7.47. The summed E-state index contributed by atoms with van der Waals surface area (Å²) in [4.78, 5) is 12.1. The van der Waals surface area contributed by atoms with Crippen molar-refractivity contribution in [1.29, 1.82) is 0 Å². The van der Waals surface area contributed by atoms with Crippen molar-refractivity contribution in [1.82, 2.24) is 5.32 Å². The Morgan fingerprint density at radius 1 is 1.35 bits per heavy atom. The standard InChI is InChI=1S/C11H11Br2Cl2NO/c1-11(5-14,6-15)16-10(17)8-4-7(12)2-3-9(8)13/h2-4H,5-6H2,1H3,(H,16,17). The van der Waals surface area contributed by atoms with E-state index in [1.807, 2.05) is 6.07 Å². The van der Waals surface area contributed by atoms with Crippen LogP contribution < -0.4 is 5.32 Å². The molecule has 0 saturated heterocycles. The van der Waals surface area contributed by atoms with Crippen molar-refractivity contribution in [2.45, 2.75) is 12.5 Å². The van der Waals surface area contributed by atoms with Crippen LogP contribution >= 0.6 is 55.1 Å². The maximum Gasteiger partial charge on any atom is 0.252 e. The molecule has 0 unspecified atom stereocenters. The molecule has 0 saturated carbocycles. The minimum absolute atomic E-state index is 0.207. The maximum atomic E-state index is 12.1. The first-order valence-electron chi connectivity index (χ1n) is 4.81. The van der Waals surface area contributed by atoms with Gasteiger partial charge in [0.2, 0.25) is 0 Å². The van der Waals surface area contributed by atoms with Gasteiger partial charge in [0.25, 0.3) is 5.91 Å². The molecule has 6 heteroatoms. The quantitative estimate of drug-likeness (QED) is 0.751. The second-order valence-electron chi connectivity index (χ2n) is 3.91. The minimum Gasteiger partial charge on any atom is -0.344 e. The molecule has 94 valence electrons. The van der Waals surface area contributed by atoms with E-state index in [1.165, 1.54) is 0 Å². The fourth-order valence-corrected chi connectivity index (χ4v) is 2.32. The molecule has 2 nitrogen and oxygen atoms in total. The molecule has 0 aliphatic carbocycles. The predicted molar refractivity (Wildman–Crippen MR) is 79.2 cm³/mol. The molecule has 0 spiro atoms. The number of amides is 1. The van der Waals surface area contributed by atoms with Gasteiger partial charge in [-0.05, 0) is 41.1 Å². The van der Waals surface area contributed by atoms with Crippen LogP contribution in [0, 0.1) is 0 Å². The summed E-state index contributed by atoms with van der Waals surface area (Å²) in [6.45, 7) is 1.80. The number of carbonyl (C=O) groups is 1. The van der Waals surface area contributed by atoms with Gasteiger partial charge in [0.1, 0.15) is 0 Å². The Morgan fingerprint density at radius 2 is 1.94 bits per heavy atom. The molecule has 0 atom stereocenters. The normalized spacial score (nSPS) is 11.4. The van der Waals surface area contributed by atoms with Crippen LogP contribution in [-0.2, 0) is 0 Å². The molecule has 17 heavy (non-hydrogen) atoms. The average molecular weight is 404 g/mol. The topological polar surface area (TPSA) is 29.1 Å². The van der Waals surface area contributed by atoms with Gasteiger partial charge in [-0.3, -0.25) is 4.79 Å². The van der Waals surface area contributed by atoms with Crippen LogP contribution in [-0.4, -0.2) is 23.2 Å². The van der Waals surface area contributed by atoms with Gasteiger partial charge in [0.15, 0.2) is 0 Å². The van der Waals surface area contributed by atoms with E-state index in [0.717, 1.165) is 8.95 Å². The summed E-state index contributed by atoms with van der Waals surface area (Å²) in [5, 5.41) is 2.82. The summed E-state index contributed by atoms with van der Waals surface area (Å²) in [5.41, 5.74) is -0.0667. The Labute approximate surface area is 127 Å². The van der Waals surface area contributed by atoms with E-state index in [9.17, 15) is 4.79 Å². The van der Waals surface area contributed by atoms with Gasteiger partial charge in [-0.2, -0.15) is 0 Å². The third-order valence-electron chi connectivity index (χ3n) is 2.18. The molecule has 0 aliphatic rings. The highest BCUT2D eigenvalue weighted by molar-refractivity contribution is 9.11. The largest absolute Gasteiger partial charge is 0.344 e. The third kappa shape index (κ3) is 4.12. The lowest BCUT2D eigenvalue weighted by atomic mass is 10.1. The van der Waals surface area contributed by atoms with E-state index in [0.29, 0.717) is 5.56 Å². The summed E-state index contributed by atoms with van der Waals surface area (Å²) in [6, 6.07) is 5.39. The van der Waals surface area contributed by atoms with E-state index in [4.69, 9.17) is 23.2 Å². The number of hydrogen-bond acceptors (Lipinski definition) is 1. The second kappa shape index (κ2) is 6.41. The molecule has 1 N–H and O–H groups in total. The van der Waals surface area contributed by atoms with Crippen LogP contribution in [0.4, 0.5) is 0 Å². The molecular weight excluding hydrogens is 393 g/mol. The molecule has 0 aromatic heterocycles. The molecule has 0 radical (unpaired) electrons. The van der Waals surface area contributed by atoms with Gasteiger partial charge in [0, 0.05) is 20.7 Å². The van der Waals surface area contributed by atoms with Crippen LogP contribution in [0.15, 0.2) is 27.1 Å². The van der Waals surface area contributed by atoms with Crippen LogP contribution in [0.3, 0.4) is 0 Å². The Hall–Kier alpha value is 0.230. The van der Waals surface area contributed by atoms with E-state index in [1.54, 1.807) is 19.1 Å². The van der Waals surface area contributed by atoms with Crippen LogP contribution in [0.1, 0.15) is 17.3 Å². The molecular formula is C11H11Br2Cl2NO. The number of halogens is 4. The van der Waals surface area contributed by atoms with Crippen molar-refractivity contribution in [3.63, 3.8) is 0 Å². The molecule has 0 heterocycles. The number of carbonyl (C=O) groups excluding carboxylic acids is 1. The van der Waals surface area contributed by atoms with E-state index >= 15 is 0 Å². The summed E-state index contributed by atoms with van der Waals surface area (Å²) < 4.78 is 1.56. The van der Waals surface area contributed by atoms with Crippen molar-refractivity contribution in [3.05, 3.63) is 32.7 Å². The van der Waals surface area contributed by atoms with Gasteiger partial charge in [-0.1, -0.05) is 15.9 Å². The first kappa shape index (κ1) is 15.3. The van der Waals surface area contributed by atoms with E-state index < -0.39 is 5.54 Å². The molecule has 1 rings (SSSR count). The molecule has 1 aromatic rings. The summed E-state index contributed by atoms with van der Waals surface area (Å²) in [5.74, 6) is 0.309. The number of nitrogens with one attached hydrogen (secondary N) is 1. The van der Waals surface area contributed by atoms with Crippen LogP contribution in [0.25, 0.3) is 0 Å². The van der Waals surface area contributed by atoms with Crippen molar-refractivity contribution in [3.8, 4) is 0 Å². The molecule has 1 aromatic carbocycles. The van der Waals surface area contributed by atoms with Crippen LogP contribution in [0.2, 0.25) is 0 Å². The smallest absolute Gasteiger partial charge is 0.252 e. The molecule has 0 aliphatic heterocycles. The summed E-state index contributed by atoms with van der Waals surface area (Å²) in [7, 11) is 0. The van der Waals surface area contributed by atoms with Gasteiger partial charge >= 0.3 is 0 Å². The predicted octanol–water partition coefficient (Wildman–Crippen LogP) is 4.18. The summed E-state index contributed by atoms with van der Waals surface area (Å²) in [6.07, 6.45) is 0. The average Bonchev–Trinajstić information content (AvgIpc) is 2.32. The number of hydrogen-bond donors (Lipinski definition) is 1. The summed E-state index contributed by atoms with van der Waals surface area (Å²) >= 11 is 18.2. The fraction of sp³-hybridized carbons (Fsp3) is 0.364. The third-order valence-corrected chi connectivity index (χ3v) is 4.54. The highest BCUT2D eigenvalue weighted by atomic mass is 79.9. The van der Waals surface area contributed by atoms with Crippen molar-refractivity contribution in [2.75, 3.05) is 11.8 Å². The second-order valence-corrected chi connectivity index (χ2v) is 6.21. The monoisotopic (exact) mass is 401 g/mol. The Kier molecular flexibility index (Phi) is 5.77. The lowest BCUT2D eigenvalue weighted by Crippen LogP contribution is -2.49. The zero-order valence-corrected chi connectivity index (χ0v) is 13.8.